The van der Waals surface area contributed by atoms with E-state index in [1.54, 1.807) is 0 Å². The molecule has 0 radical (unpaired) electrons. The first-order chi connectivity index (χ1) is 10.9. The summed E-state index contributed by atoms with van der Waals surface area (Å²) in [6.07, 6.45) is 13.0. The Labute approximate surface area is 146 Å². The molecule has 4 fully saturated rings. The van der Waals surface area contributed by atoms with E-state index in [2.05, 4.69) is 25.1 Å². The molecule has 0 aromatic rings. The van der Waals surface area contributed by atoms with Crippen LogP contribution in [0.3, 0.4) is 0 Å². The van der Waals surface area contributed by atoms with Crippen LogP contribution in [0.25, 0.3) is 0 Å². The first kappa shape index (κ1) is 16.3. The molecule has 1 N–H and O–H groups in total. The predicted octanol–water partition coefficient (Wildman–Crippen LogP) is 5.35. The highest BCUT2D eigenvalue weighted by atomic mass is 35.5. The number of fused-ring (bicyclic) bond motifs is 5. The summed E-state index contributed by atoms with van der Waals surface area (Å²) in [6, 6.07) is 0. The Kier molecular flexibility index (Phi) is 3.83. The lowest BCUT2D eigenvalue weighted by molar-refractivity contribution is -0.134. The van der Waals surface area contributed by atoms with E-state index in [9.17, 15) is 5.11 Å². The van der Waals surface area contributed by atoms with Crippen molar-refractivity contribution < 1.29 is 5.11 Å². The van der Waals surface area contributed by atoms with Crippen LogP contribution in [-0.2, 0) is 0 Å². The van der Waals surface area contributed by atoms with Crippen LogP contribution in [0.5, 0.6) is 0 Å². The predicted molar refractivity (Wildman–Crippen MR) is 94.9 cm³/mol. The molecular weight excluding hydrogens is 304 g/mol. The third kappa shape index (κ3) is 2.10. The Hall–Kier alpha value is -0.190. The second kappa shape index (κ2) is 5.40. The van der Waals surface area contributed by atoms with Crippen molar-refractivity contribution in [2.45, 2.75) is 83.7 Å². The third-order valence-corrected chi connectivity index (χ3v) is 9.08. The molecule has 1 nitrogen and oxygen atoms in total. The van der Waals surface area contributed by atoms with Crippen LogP contribution in [0.15, 0.2) is 0 Å². The molecule has 0 saturated heterocycles. The second-order valence-corrected chi connectivity index (χ2v) is 9.67. The van der Waals surface area contributed by atoms with Crippen molar-refractivity contribution in [1.82, 2.24) is 0 Å². The van der Waals surface area contributed by atoms with Crippen LogP contribution >= 0.6 is 11.6 Å². The van der Waals surface area contributed by atoms with Crippen molar-refractivity contribution in [3.05, 3.63) is 0 Å². The molecule has 4 aliphatic rings. The zero-order valence-corrected chi connectivity index (χ0v) is 15.5. The molecule has 0 spiro atoms. The molecule has 23 heavy (non-hydrogen) atoms. The van der Waals surface area contributed by atoms with E-state index in [0.29, 0.717) is 11.3 Å². The lowest BCUT2D eigenvalue weighted by atomic mass is 9.44. The van der Waals surface area contributed by atoms with E-state index in [-0.39, 0.29) is 5.41 Å². The lowest BCUT2D eigenvalue weighted by Crippen LogP contribution is -2.55. The van der Waals surface area contributed by atoms with Gasteiger partial charge in [-0.15, -0.1) is 0 Å². The van der Waals surface area contributed by atoms with Gasteiger partial charge in [-0.2, -0.15) is 0 Å². The average Bonchev–Trinajstić information content (AvgIpc) is 2.79. The number of aliphatic hydroxyl groups is 1. The highest BCUT2D eigenvalue weighted by molar-refractivity contribution is 6.30. The fourth-order valence-electron chi connectivity index (χ4n) is 7.59. The SMILES string of the molecule is CC12CCCCC1CCC1C2CCC2(C)C1CCC2(O)C#CCl. The maximum Gasteiger partial charge on any atom is 0.132 e. The lowest BCUT2D eigenvalue weighted by Gasteiger charge is -2.60. The molecule has 4 aliphatic carbocycles. The number of hydrogen-bond donors (Lipinski definition) is 1. The van der Waals surface area contributed by atoms with E-state index in [1.165, 1.54) is 44.9 Å². The van der Waals surface area contributed by atoms with E-state index < -0.39 is 5.60 Å². The van der Waals surface area contributed by atoms with E-state index >= 15 is 0 Å². The minimum absolute atomic E-state index is 0.0477. The molecule has 0 amide bonds. The minimum atomic E-state index is -0.852. The monoisotopic (exact) mass is 334 g/mol. The van der Waals surface area contributed by atoms with E-state index in [4.69, 9.17) is 11.6 Å². The molecule has 0 aliphatic heterocycles. The van der Waals surface area contributed by atoms with Gasteiger partial charge in [-0.1, -0.05) is 32.6 Å². The largest absolute Gasteiger partial charge is 0.377 e. The van der Waals surface area contributed by atoms with Gasteiger partial charge < -0.3 is 5.11 Å². The molecule has 7 atom stereocenters. The van der Waals surface area contributed by atoms with Gasteiger partial charge in [-0.3, -0.25) is 0 Å². The molecule has 4 rings (SSSR count). The second-order valence-electron chi connectivity index (χ2n) is 9.48. The van der Waals surface area contributed by atoms with Crippen LogP contribution in [0, 0.1) is 45.8 Å². The summed E-state index contributed by atoms with van der Waals surface area (Å²) in [5.41, 5.74) is -0.329. The van der Waals surface area contributed by atoms with E-state index in [0.717, 1.165) is 37.0 Å². The molecular formula is C21H31ClO. The minimum Gasteiger partial charge on any atom is -0.377 e. The maximum atomic E-state index is 11.2. The summed E-state index contributed by atoms with van der Waals surface area (Å²) in [5, 5.41) is 13.7. The molecule has 128 valence electrons. The van der Waals surface area contributed by atoms with Gasteiger partial charge in [-0.25, -0.2) is 0 Å². The molecule has 0 bridgehead atoms. The molecule has 0 heterocycles. The van der Waals surface area contributed by atoms with Crippen molar-refractivity contribution in [1.29, 1.82) is 0 Å². The first-order valence-electron chi connectivity index (χ1n) is 9.80. The normalized spacial score (nSPS) is 55.1. The summed E-state index contributed by atoms with van der Waals surface area (Å²) in [6.45, 7) is 4.91. The van der Waals surface area contributed by atoms with Gasteiger partial charge >= 0.3 is 0 Å². The Bertz CT molecular complexity index is 548. The molecule has 2 heteroatoms. The summed E-state index contributed by atoms with van der Waals surface area (Å²) < 4.78 is 0. The zero-order valence-electron chi connectivity index (χ0n) is 14.7. The first-order valence-corrected chi connectivity index (χ1v) is 10.2. The summed E-state index contributed by atoms with van der Waals surface area (Å²) in [5.74, 6) is 6.28. The zero-order chi connectivity index (χ0) is 16.3. The highest BCUT2D eigenvalue weighted by Gasteiger charge is 2.64. The third-order valence-electron chi connectivity index (χ3n) is 8.99. The van der Waals surface area contributed by atoms with Crippen LogP contribution in [0.1, 0.15) is 78.1 Å². The standard InChI is InChI=1S/C21H31ClO/c1-19-10-4-3-5-15(19)6-7-16-17(19)8-11-20(2)18(16)9-12-21(20,23)13-14-22/h15-18,23H,3-12H2,1-2H3. The average molecular weight is 335 g/mol. The van der Waals surface area contributed by atoms with Crippen LogP contribution in [0.4, 0.5) is 0 Å². The van der Waals surface area contributed by atoms with Gasteiger partial charge in [0.15, 0.2) is 0 Å². The smallest absolute Gasteiger partial charge is 0.132 e. The van der Waals surface area contributed by atoms with Crippen LogP contribution in [-0.4, -0.2) is 10.7 Å². The van der Waals surface area contributed by atoms with Gasteiger partial charge in [-0.05, 0) is 92.1 Å². The topological polar surface area (TPSA) is 20.2 Å². The van der Waals surface area contributed by atoms with Gasteiger partial charge in [0.05, 0.1) is 0 Å². The molecule has 4 saturated carbocycles. The number of rotatable bonds is 0. The molecule has 0 aromatic carbocycles. The van der Waals surface area contributed by atoms with Crippen LogP contribution < -0.4 is 0 Å². The fraction of sp³-hybridized carbons (Fsp3) is 0.905. The Balaban J connectivity index is 1.66. The molecule has 7 unspecified atom stereocenters. The Morgan fingerprint density at radius 3 is 2.48 bits per heavy atom. The number of hydrogen-bond acceptors (Lipinski definition) is 1. The van der Waals surface area contributed by atoms with Crippen molar-refractivity contribution in [2.75, 3.05) is 0 Å². The fourth-order valence-corrected chi connectivity index (χ4v) is 7.75. The maximum absolute atomic E-state index is 11.2. The van der Waals surface area contributed by atoms with Crippen LogP contribution in [0.2, 0.25) is 0 Å². The Morgan fingerprint density at radius 1 is 0.913 bits per heavy atom. The van der Waals surface area contributed by atoms with Gasteiger partial charge in [0.2, 0.25) is 0 Å². The summed E-state index contributed by atoms with van der Waals surface area (Å²) in [7, 11) is 0. The van der Waals surface area contributed by atoms with Crippen molar-refractivity contribution >= 4 is 11.6 Å². The summed E-state index contributed by atoms with van der Waals surface area (Å²) in [4.78, 5) is 0. The molecule has 0 aromatic heterocycles. The van der Waals surface area contributed by atoms with Crippen molar-refractivity contribution in [3.63, 3.8) is 0 Å². The van der Waals surface area contributed by atoms with Gasteiger partial charge in [0, 0.05) is 10.8 Å². The Morgan fingerprint density at radius 2 is 1.70 bits per heavy atom. The quantitative estimate of drug-likeness (QED) is 0.592. The van der Waals surface area contributed by atoms with Crippen molar-refractivity contribution in [3.8, 4) is 11.3 Å². The summed E-state index contributed by atoms with van der Waals surface area (Å²) >= 11 is 5.69. The van der Waals surface area contributed by atoms with Gasteiger partial charge in [0.25, 0.3) is 0 Å². The number of halogens is 1. The van der Waals surface area contributed by atoms with Gasteiger partial charge in [0.1, 0.15) is 5.60 Å². The highest BCUT2D eigenvalue weighted by Crippen LogP contribution is 2.68. The van der Waals surface area contributed by atoms with E-state index in [1.807, 2.05) is 0 Å². The van der Waals surface area contributed by atoms with Crippen molar-refractivity contribution in [2.24, 2.45) is 34.5 Å².